The van der Waals surface area contributed by atoms with Crippen molar-refractivity contribution in [1.29, 1.82) is 0 Å². The summed E-state index contributed by atoms with van der Waals surface area (Å²) in [7, 11) is 0. The van der Waals surface area contributed by atoms with E-state index in [-0.39, 0.29) is 17.2 Å². The van der Waals surface area contributed by atoms with Crippen molar-refractivity contribution in [2.75, 3.05) is 5.73 Å². The number of hydrogen-bond donors (Lipinski definition) is 2. The van der Waals surface area contributed by atoms with Crippen molar-refractivity contribution in [3.05, 3.63) is 45.7 Å². The smallest absolute Gasteiger partial charge is 0.251 e. The molecule has 0 aliphatic rings. The molecule has 1 heterocycles. The summed E-state index contributed by atoms with van der Waals surface area (Å²) in [6.45, 7) is 2.39. The lowest BCUT2D eigenvalue weighted by Gasteiger charge is -2.04. The van der Waals surface area contributed by atoms with E-state index >= 15 is 0 Å². The minimum Gasteiger partial charge on any atom is -0.396 e. The molecule has 0 bridgehead atoms. The number of nitrogens with two attached hydrogens (primary N) is 1. The van der Waals surface area contributed by atoms with Crippen molar-refractivity contribution in [1.82, 2.24) is 10.3 Å². The molecule has 0 saturated heterocycles. The molecular formula is C13H14FN3OS. The minimum absolute atomic E-state index is 0.0315. The predicted molar refractivity (Wildman–Crippen MR) is 73.5 cm³/mol. The average molecular weight is 279 g/mol. The zero-order valence-electron chi connectivity index (χ0n) is 10.4. The number of halogens is 1. The normalized spacial score (nSPS) is 10.4. The quantitative estimate of drug-likeness (QED) is 0.844. The van der Waals surface area contributed by atoms with Gasteiger partial charge in [0.2, 0.25) is 0 Å². The SMILES string of the molecule is CCc1cnc(CNC(=O)c2ccc(N)c(F)c2)s1. The molecule has 1 amide bonds. The van der Waals surface area contributed by atoms with Crippen molar-refractivity contribution in [3.8, 4) is 0 Å². The van der Waals surface area contributed by atoms with Crippen LogP contribution in [0.1, 0.15) is 27.2 Å². The fraction of sp³-hybridized carbons (Fsp3) is 0.231. The van der Waals surface area contributed by atoms with Crippen LogP contribution in [0.25, 0.3) is 0 Å². The highest BCUT2D eigenvalue weighted by atomic mass is 32.1. The molecule has 0 fully saturated rings. The fourth-order valence-electron chi connectivity index (χ4n) is 1.52. The van der Waals surface area contributed by atoms with E-state index in [1.54, 1.807) is 17.5 Å². The Labute approximate surface area is 114 Å². The van der Waals surface area contributed by atoms with Crippen LogP contribution in [0.3, 0.4) is 0 Å². The topological polar surface area (TPSA) is 68.0 Å². The Bertz CT molecular complexity index is 597. The highest BCUT2D eigenvalue weighted by Gasteiger charge is 2.09. The molecule has 0 radical (unpaired) electrons. The number of nitrogens with one attached hydrogen (secondary N) is 1. The van der Waals surface area contributed by atoms with Gasteiger partial charge >= 0.3 is 0 Å². The second-order valence-corrected chi connectivity index (χ2v) is 5.19. The van der Waals surface area contributed by atoms with Crippen LogP contribution in [0.4, 0.5) is 10.1 Å². The van der Waals surface area contributed by atoms with Crippen LogP contribution in [0, 0.1) is 5.82 Å². The van der Waals surface area contributed by atoms with Crippen molar-refractivity contribution in [2.24, 2.45) is 0 Å². The summed E-state index contributed by atoms with van der Waals surface area (Å²) in [5.74, 6) is -0.928. The number of rotatable bonds is 4. The number of carbonyl (C=O) groups is 1. The molecule has 19 heavy (non-hydrogen) atoms. The number of hydrogen-bond acceptors (Lipinski definition) is 4. The number of anilines is 1. The number of aryl methyl sites for hydroxylation is 1. The molecule has 100 valence electrons. The first-order chi connectivity index (χ1) is 9.10. The van der Waals surface area contributed by atoms with Crippen molar-refractivity contribution in [3.63, 3.8) is 0 Å². The maximum atomic E-state index is 13.2. The van der Waals surface area contributed by atoms with Gasteiger partial charge in [0.05, 0.1) is 12.2 Å². The highest BCUT2D eigenvalue weighted by molar-refractivity contribution is 7.11. The van der Waals surface area contributed by atoms with Crippen LogP contribution in [0.5, 0.6) is 0 Å². The van der Waals surface area contributed by atoms with Crippen LogP contribution >= 0.6 is 11.3 Å². The predicted octanol–water partition coefficient (Wildman–Crippen LogP) is 2.36. The van der Waals surface area contributed by atoms with Gasteiger partial charge in [-0.15, -0.1) is 11.3 Å². The maximum absolute atomic E-state index is 13.2. The van der Waals surface area contributed by atoms with Crippen LogP contribution in [-0.2, 0) is 13.0 Å². The summed E-state index contributed by atoms with van der Waals surface area (Å²) in [5, 5.41) is 3.54. The summed E-state index contributed by atoms with van der Waals surface area (Å²) >= 11 is 1.56. The third-order valence-electron chi connectivity index (χ3n) is 2.61. The summed E-state index contributed by atoms with van der Waals surface area (Å²) in [6, 6.07) is 4.00. The average Bonchev–Trinajstić information content (AvgIpc) is 2.87. The molecule has 1 aromatic carbocycles. The molecular weight excluding hydrogens is 265 g/mol. The van der Waals surface area contributed by atoms with E-state index in [0.717, 1.165) is 17.5 Å². The number of nitrogen functional groups attached to an aromatic ring is 1. The van der Waals surface area contributed by atoms with Crippen molar-refractivity contribution < 1.29 is 9.18 Å². The zero-order valence-corrected chi connectivity index (χ0v) is 11.3. The Hall–Kier alpha value is -1.95. The van der Waals surface area contributed by atoms with Gasteiger partial charge in [-0.1, -0.05) is 6.92 Å². The van der Waals surface area contributed by atoms with Crippen LogP contribution in [-0.4, -0.2) is 10.9 Å². The molecule has 4 nitrogen and oxygen atoms in total. The van der Waals surface area contributed by atoms with Gasteiger partial charge in [0.1, 0.15) is 10.8 Å². The molecule has 1 aromatic heterocycles. The lowest BCUT2D eigenvalue weighted by atomic mass is 10.2. The summed E-state index contributed by atoms with van der Waals surface area (Å²) in [4.78, 5) is 17.2. The Morgan fingerprint density at radius 3 is 2.95 bits per heavy atom. The monoisotopic (exact) mass is 279 g/mol. The van der Waals surface area contributed by atoms with E-state index in [1.807, 2.05) is 6.92 Å². The van der Waals surface area contributed by atoms with E-state index in [2.05, 4.69) is 10.3 Å². The van der Waals surface area contributed by atoms with Gasteiger partial charge in [0, 0.05) is 16.6 Å². The van der Waals surface area contributed by atoms with E-state index in [0.29, 0.717) is 6.54 Å². The number of carbonyl (C=O) groups excluding carboxylic acids is 1. The van der Waals surface area contributed by atoms with Gasteiger partial charge in [-0.25, -0.2) is 9.37 Å². The third-order valence-corrected chi connectivity index (χ3v) is 3.75. The molecule has 0 spiro atoms. The lowest BCUT2D eigenvalue weighted by molar-refractivity contribution is 0.0950. The molecule has 0 atom stereocenters. The first-order valence-corrected chi connectivity index (χ1v) is 6.68. The van der Waals surface area contributed by atoms with Crippen molar-refractivity contribution >= 4 is 22.9 Å². The van der Waals surface area contributed by atoms with Gasteiger partial charge in [-0.05, 0) is 24.6 Å². The molecule has 0 aliphatic carbocycles. The Kier molecular flexibility index (Phi) is 4.11. The second-order valence-electron chi connectivity index (χ2n) is 3.99. The number of amides is 1. The van der Waals surface area contributed by atoms with Gasteiger partial charge in [0.15, 0.2) is 0 Å². The molecule has 2 rings (SSSR count). The molecule has 0 aliphatic heterocycles. The lowest BCUT2D eigenvalue weighted by Crippen LogP contribution is -2.22. The van der Waals surface area contributed by atoms with Crippen LogP contribution in [0.15, 0.2) is 24.4 Å². The van der Waals surface area contributed by atoms with E-state index in [1.165, 1.54) is 17.0 Å². The Morgan fingerprint density at radius 1 is 1.53 bits per heavy atom. The van der Waals surface area contributed by atoms with Gasteiger partial charge in [0.25, 0.3) is 5.91 Å². The van der Waals surface area contributed by atoms with Crippen LogP contribution < -0.4 is 11.1 Å². The van der Waals surface area contributed by atoms with Crippen molar-refractivity contribution in [2.45, 2.75) is 19.9 Å². The van der Waals surface area contributed by atoms with E-state index < -0.39 is 5.82 Å². The largest absolute Gasteiger partial charge is 0.396 e. The standard InChI is InChI=1S/C13H14FN3OS/c1-2-9-6-16-12(19-9)7-17-13(18)8-3-4-11(15)10(14)5-8/h3-6H,2,7,15H2,1H3,(H,17,18). The van der Waals surface area contributed by atoms with E-state index in [4.69, 9.17) is 5.73 Å². The van der Waals surface area contributed by atoms with Crippen LogP contribution in [0.2, 0.25) is 0 Å². The molecule has 0 saturated carbocycles. The summed E-state index contributed by atoms with van der Waals surface area (Å²) in [5.41, 5.74) is 5.64. The first-order valence-electron chi connectivity index (χ1n) is 5.87. The summed E-state index contributed by atoms with van der Waals surface area (Å²) < 4.78 is 13.2. The third kappa shape index (κ3) is 3.29. The zero-order chi connectivity index (χ0) is 13.8. The first kappa shape index (κ1) is 13.5. The summed E-state index contributed by atoms with van der Waals surface area (Å²) in [6.07, 6.45) is 2.73. The number of thiazole rings is 1. The maximum Gasteiger partial charge on any atom is 0.251 e. The Morgan fingerprint density at radius 2 is 2.32 bits per heavy atom. The number of aromatic nitrogens is 1. The number of nitrogens with zero attached hydrogens (tertiary/aromatic N) is 1. The van der Waals surface area contributed by atoms with Gasteiger partial charge < -0.3 is 11.1 Å². The minimum atomic E-state index is -0.588. The van der Waals surface area contributed by atoms with Gasteiger partial charge in [-0.3, -0.25) is 4.79 Å². The van der Waals surface area contributed by atoms with E-state index in [9.17, 15) is 9.18 Å². The molecule has 6 heteroatoms. The fourth-order valence-corrected chi connectivity index (χ4v) is 2.32. The number of benzene rings is 1. The molecule has 3 N–H and O–H groups in total. The molecule has 0 unspecified atom stereocenters. The second kappa shape index (κ2) is 5.79. The Balaban J connectivity index is 1.99. The highest BCUT2D eigenvalue weighted by Crippen LogP contribution is 2.14. The van der Waals surface area contributed by atoms with Gasteiger partial charge in [-0.2, -0.15) is 0 Å². The molecule has 2 aromatic rings.